The number of aromatic amines is 1. The highest BCUT2D eigenvalue weighted by Crippen LogP contribution is 2.27. The van der Waals surface area contributed by atoms with Gasteiger partial charge in [-0.05, 0) is 43.5 Å². The summed E-state index contributed by atoms with van der Waals surface area (Å²) >= 11 is 3.02. The van der Waals surface area contributed by atoms with E-state index in [9.17, 15) is 4.79 Å². The third-order valence-corrected chi connectivity index (χ3v) is 7.31. The molecule has 3 aromatic heterocycles. The summed E-state index contributed by atoms with van der Waals surface area (Å²) in [5, 5.41) is 10.0. The van der Waals surface area contributed by atoms with E-state index in [-0.39, 0.29) is 5.56 Å². The molecule has 0 aliphatic rings. The minimum atomic E-state index is -0.0943. The van der Waals surface area contributed by atoms with Gasteiger partial charge in [0.05, 0.1) is 11.1 Å². The van der Waals surface area contributed by atoms with Crippen molar-refractivity contribution in [3.8, 4) is 5.75 Å². The molecule has 32 heavy (non-hydrogen) atoms. The average molecular weight is 468 g/mol. The number of fused-ring (bicyclic) bond motifs is 1. The summed E-state index contributed by atoms with van der Waals surface area (Å²) in [5.41, 5.74) is 2.17. The van der Waals surface area contributed by atoms with Crippen LogP contribution in [0.1, 0.15) is 34.6 Å². The minimum absolute atomic E-state index is 0.0943. The highest BCUT2D eigenvalue weighted by molar-refractivity contribution is 7.98. The molecule has 0 bridgehead atoms. The second kappa shape index (κ2) is 9.70. The summed E-state index contributed by atoms with van der Waals surface area (Å²) in [6.45, 7) is 10.8. The first kappa shape index (κ1) is 22.3. The van der Waals surface area contributed by atoms with Crippen LogP contribution in [-0.4, -0.2) is 24.7 Å². The fraction of sp³-hybridized carbons (Fsp3) is 0.304. The SMILES string of the molecule is C=CCn1c(COc2ccc(CC)cc2)nnc1SCc1nc2sc(C)c(C)c2c(=O)[nH]1. The molecule has 0 saturated heterocycles. The standard InChI is InChI=1S/C23H25N5O2S2/c1-5-11-28-19(12-30-17-9-7-16(6-2)8-10-17)26-27-23(28)31-13-18-24-21(29)20-14(3)15(4)32-22(20)25-18/h5,7-10H,1,6,11-13H2,2-4H3,(H,24,25,29). The smallest absolute Gasteiger partial charge is 0.259 e. The van der Waals surface area contributed by atoms with Crippen molar-refractivity contribution in [3.63, 3.8) is 0 Å². The van der Waals surface area contributed by atoms with Crippen LogP contribution in [0.4, 0.5) is 0 Å². The number of rotatable bonds is 9. The predicted octanol–water partition coefficient (Wildman–Crippen LogP) is 4.81. The number of nitrogens with one attached hydrogen (secondary N) is 1. The van der Waals surface area contributed by atoms with Crippen LogP contribution in [-0.2, 0) is 25.3 Å². The van der Waals surface area contributed by atoms with Crippen LogP contribution in [0, 0.1) is 13.8 Å². The van der Waals surface area contributed by atoms with E-state index in [1.807, 2.05) is 30.5 Å². The van der Waals surface area contributed by atoms with Crippen LogP contribution in [0.3, 0.4) is 0 Å². The third-order valence-electron chi connectivity index (χ3n) is 5.23. The van der Waals surface area contributed by atoms with Gasteiger partial charge in [0, 0.05) is 11.4 Å². The molecule has 1 N–H and O–H groups in total. The molecule has 0 aliphatic carbocycles. The summed E-state index contributed by atoms with van der Waals surface area (Å²) in [6, 6.07) is 8.06. The zero-order chi connectivity index (χ0) is 22.7. The van der Waals surface area contributed by atoms with E-state index in [4.69, 9.17) is 4.74 Å². The van der Waals surface area contributed by atoms with E-state index >= 15 is 0 Å². The molecule has 0 saturated carbocycles. The zero-order valence-corrected chi connectivity index (χ0v) is 20.0. The lowest BCUT2D eigenvalue weighted by molar-refractivity contribution is 0.289. The normalized spacial score (nSPS) is 11.2. The monoisotopic (exact) mass is 467 g/mol. The lowest BCUT2D eigenvalue weighted by atomic mass is 10.2. The number of nitrogens with zero attached hydrogens (tertiary/aromatic N) is 4. The van der Waals surface area contributed by atoms with E-state index in [2.05, 4.69) is 45.8 Å². The van der Waals surface area contributed by atoms with Crippen molar-refractivity contribution in [3.05, 3.63) is 74.9 Å². The summed E-state index contributed by atoms with van der Waals surface area (Å²) in [5.74, 6) is 2.61. The number of ether oxygens (including phenoxy) is 1. The topological polar surface area (TPSA) is 85.7 Å². The second-order valence-corrected chi connectivity index (χ2v) is 9.49. The molecule has 1 aromatic carbocycles. The van der Waals surface area contributed by atoms with Crippen LogP contribution >= 0.6 is 23.1 Å². The van der Waals surface area contributed by atoms with Crippen molar-refractivity contribution < 1.29 is 4.74 Å². The number of hydrogen-bond acceptors (Lipinski definition) is 7. The maximum atomic E-state index is 12.5. The fourth-order valence-electron chi connectivity index (χ4n) is 3.31. The average Bonchev–Trinajstić information content (AvgIpc) is 3.31. The van der Waals surface area contributed by atoms with Gasteiger partial charge in [-0.15, -0.1) is 28.1 Å². The number of aryl methyl sites for hydroxylation is 3. The number of hydrogen-bond donors (Lipinski definition) is 1. The Morgan fingerprint density at radius 1 is 1.25 bits per heavy atom. The largest absolute Gasteiger partial charge is 0.486 e. The molecule has 0 radical (unpaired) electrons. The van der Waals surface area contributed by atoms with Gasteiger partial charge in [0.2, 0.25) is 0 Å². The molecule has 4 rings (SSSR count). The number of aromatic nitrogens is 5. The molecule has 0 aliphatic heterocycles. The molecule has 4 aromatic rings. The van der Waals surface area contributed by atoms with Gasteiger partial charge in [-0.1, -0.05) is 36.9 Å². The van der Waals surface area contributed by atoms with Crippen LogP contribution in [0.5, 0.6) is 5.75 Å². The molecule has 9 heteroatoms. The van der Waals surface area contributed by atoms with Crippen LogP contribution < -0.4 is 10.3 Å². The van der Waals surface area contributed by atoms with Gasteiger partial charge in [-0.2, -0.15) is 0 Å². The number of thiophene rings is 1. The van der Waals surface area contributed by atoms with Crippen LogP contribution in [0.2, 0.25) is 0 Å². The Morgan fingerprint density at radius 3 is 2.75 bits per heavy atom. The first-order valence-corrected chi connectivity index (χ1v) is 12.2. The van der Waals surface area contributed by atoms with E-state index < -0.39 is 0 Å². The Balaban J connectivity index is 1.49. The van der Waals surface area contributed by atoms with Crippen LogP contribution in [0.25, 0.3) is 10.2 Å². The van der Waals surface area contributed by atoms with Gasteiger partial charge in [0.25, 0.3) is 5.56 Å². The number of allylic oxidation sites excluding steroid dienone is 1. The lowest BCUT2D eigenvalue weighted by Crippen LogP contribution is -2.11. The molecule has 0 atom stereocenters. The molecule has 3 heterocycles. The molecule has 166 valence electrons. The highest BCUT2D eigenvalue weighted by Gasteiger charge is 2.15. The maximum Gasteiger partial charge on any atom is 0.259 e. The van der Waals surface area contributed by atoms with Gasteiger partial charge in [0.1, 0.15) is 23.0 Å². The molecule has 0 fully saturated rings. The second-order valence-electron chi connectivity index (χ2n) is 7.35. The molecule has 0 spiro atoms. The maximum absolute atomic E-state index is 12.5. The number of benzene rings is 1. The minimum Gasteiger partial charge on any atom is -0.486 e. The van der Waals surface area contributed by atoms with E-state index in [1.165, 1.54) is 17.3 Å². The Bertz CT molecular complexity index is 1300. The summed E-state index contributed by atoms with van der Waals surface area (Å²) in [7, 11) is 0. The van der Waals surface area contributed by atoms with Crippen molar-refractivity contribution in [1.82, 2.24) is 24.7 Å². The summed E-state index contributed by atoms with van der Waals surface area (Å²) < 4.78 is 7.87. The molecule has 0 unspecified atom stereocenters. The molecule has 0 amide bonds. The van der Waals surface area contributed by atoms with Gasteiger partial charge < -0.3 is 9.72 Å². The Labute approximate surface area is 194 Å². The first-order chi connectivity index (χ1) is 15.5. The van der Waals surface area contributed by atoms with E-state index in [0.717, 1.165) is 32.6 Å². The van der Waals surface area contributed by atoms with Crippen LogP contribution in [0.15, 0.2) is 46.9 Å². The molecular formula is C23H25N5O2S2. The van der Waals surface area contributed by atoms with E-state index in [0.29, 0.717) is 35.9 Å². The quantitative estimate of drug-likeness (QED) is 0.281. The highest BCUT2D eigenvalue weighted by atomic mass is 32.2. The van der Waals surface area contributed by atoms with Crippen molar-refractivity contribution in [2.75, 3.05) is 0 Å². The predicted molar refractivity (Wildman–Crippen MR) is 130 cm³/mol. The zero-order valence-electron chi connectivity index (χ0n) is 18.3. The number of H-pyrrole nitrogens is 1. The van der Waals surface area contributed by atoms with Crippen molar-refractivity contribution >= 4 is 33.3 Å². The van der Waals surface area contributed by atoms with Gasteiger partial charge in [-0.25, -0.2) is 4.98 Å². The van der Waals surface area contributed by atoms with Crippen molar-refractivity contribution in [1.29, 1.82) is 0 Å². The number of thioether (sulfide) groups is 1. The van der Waals surface area contributed by atoms with Crippen molar-refractivity contribution in [2.24, 2.45) is 0 Å². The summed E-state index contributed by atoms with van der Waals surface area (Å²) in [6.07, 6.45) is 2.80. The Morgan fingerprint density at radius 2 is 2.03 bits per heavy atom. The Hall–Kier alpha value is -2.91. The summed E-state index contributed by atoms with van der Waals surface area (Å²) in [4.78, 5) is 22.0. The fourth-order valence-corrected chi connectivity index (χ4v) is 5.20. The van der Waals surface area contributed by atoms with Crippen molar-refractivity contribution in [2.45, 2.75) is 51.3 Å². The molecule has 7 nitrogen and oxygen atoms in total. The first-order valence-electron chi connectivity index (χ1n) is 10.4. The van der Waals surface area contributed by atoms with Gasteiger partial charge in [0.15, 0.2) is 11.0 Å². The van der Waals surface area contributed by atoms with E-state index in [1.54, 1.807) is 17.4 Å². The molecular weight excluding hydrogens is 442 g/mol. The van der Waals surface area contributed by atoms with Gasteiger partial charge in [-0.3, -0.25) is 9.36 Å². The Kier molecular flexibility index (Phi) is 6.76. The lowest BCUT2D eigenvalue weighted by Gasteiger charge is -2.09. The van der Waals surface area contributed by atoms with Gasteiger partial charge >= 0.3 is 0 Å². The third kappa shape index (κ3) is 4.63.